The van der Waals surface area contributed by atoms with Crippen LogP contribution in [0.15, 0.2) is 0 Å². The Morgan fingerprint density at radius 1 is 1.07 bits per heavy atom. The molecule has 84 valence electrons. The van der Waals surface area contributed by atoms with E-state index in [1.807, 2.05) is 0 Å². The molecule has 14 heavy (non-hydrogen) atoms. The molecule has 0 radical (unpaired) electrons. The molecule has 1 aliphatic heterocycles. The smallest absolute Gasteiger partial charge is 0.0679 e. The fraction of sp³-hybridized carbons (Fsp3) is 1.00. The summed E-state index contributed by atoms with van der Waals surface area (Å²) in [4.78, 5) is 2.50. The van der Waals surface area contributed by atoms with E-state index in [4.69, 9.17) is 0 Å². The van der Waals surface area contributed by atoms with Gasteiger partial charge in [-0.1, -0.05) is 6.92 Å². The van der Waals surface area contributed by atoms with Crippen LogP contribution in [0.4, 0.5) is 0 Å². The van der Waals surface area contributed by atoms with E-state index < -0.39 is 0 Å². The molecule has 0 spiro atoms. The molecule has 1 saturated carbocycles. The Bertz CT molecular complexity index is 169. The largest absolute Gasteiger partial charge is 0.392 e. The number of aliphatic hydroxyl groups is 1. The quantitative estimate of drug-likeness (QED) is 0.730. The second-order valence-electron chi connectivity index (χ2n) is 4.85. The third-order valence-electron chi connectivity index (χ3n) is 3.70. The minimum Gasteiger partial charge on any atom is -0.392 e. The summed E-state index contributed by atoms with van der Waals surface area (Å²) in [6, 6.07) is 0.786. The van der Waals surface area contributed by atoms with Crippen molar-refractivity contribution in [1.29, 1.82) is 0 Å². The highest BCUT2D eigenvalue weighted by molar-refractivity contribution is 5.85. The van der Waals surface area contributed by atoms with Crippen LogP contribution in [0.5, 0.6) is 0 Å². The average molecular weight is 220 g/mol. The van der Waals surface area contributed by atoms with Gasteiger partial charge in [0.2, 0.25) is 0 Å². The molecule has 0 aromatic carbocycles. The number of β-amino-alcohol motifs (C(OH)–C–C–N with tert-alkyl or cyclic N) is 1. The highest BCUT2D eigenvalue weighted by Gasteiger charge is 2.29. The van der Waals surface area contributed by atoms with Crippen LogP contribution in [0.1, 0.15) is 39.0 Å². The number of hydrogen-bond acceptors (Lipinski definition) is 2. The average Bonchev–Trinajstić information content (AvgIpc) is 2.53. The molecule has 1 N–H and O–H groups in total. The van der Waals surface area contributed by atoms with Gasteiger partial charge in [0.05, 0.1) is 6.10 Å². The number of hydrogen-bond donors (Lipinski definition) is 1. The van der Waals surface area contributed by atoms with E-state index >= 15 is 0 Å². The maximum atomic E-state index is 9.44. The molecular weight excluding hydrogens is 198 g/mol. The van der Waals surface area contributed by atoms with Gasteiger partial charge in [0, 0.05) is 19.1 Å². The first-order valence-corrected chi connectivity index (χ1v) is 5.68. The third-order valence-corrected chi connectivity index (χ3v) is 3.70. The van der Waals surface area contributed by atoms with Crippen molar-refractivity contribution in [3.63, 3.8) is 0 Å². The summed E-state index contributed by atoms with van der Waals surface area (Å²) >= 11 is 0. The van der Waals surface area contributed by atoms with Gasteiger partial charge in [-0.25, -0.2) is 0 Å². The predicted octanol–water partition coefficient (Wildman–Crippen LogP) is 2.05. The zero-order chi connectivity index (χ0) is 9.26. The van der Waals surface area contributed by atoms with Crippen molar-refractivity contribution in [2.24, 2.45) is 5.92 Å². The molecule has 2 rings (SSSR count). The molecule has 1 atom stereocenters. The molecule has 3 heteroatoms. The van der Waals surface area contributed by atoms with Gasteiger partial charge in [-0.05, 0) is 38.0 Å². The summed E-state index contributed by atoms with van der Waals surface area (Å²) in [7, 11) is 0. The molecule has 2 nitrogen and oxygen atoms in total. The van der Waals surface area contributed by atoms with Crippen molar-refractivity contribution in [3.05, 3.63) is 0 Å². The molecule has 0 bridgehead atoms. The Morgan fingerprint density at radius 2 is 1.71 bits per heavy atom. The fourth-order valence-electron chi connectivity index (χ4n) is 2.71. The number of rotatable bonds is 1. The summed E-state index contributed by atoms with van der Waals surface area (Å²) in [6.45, 7) is 4.41. The Morgan fingerprint density at radius 3 is 2.21 bits per heavy atom. The van der Waals surface area contributed by atoms with Gasteiger partial charge in [-0.15, -0.1) is 12.4 Å². The van der Waals surface area contributed by atoms with Crippen LogP contribution < -0.4 is 0 Å². The molecule has 2 aliphatic rings. The predicted molar refractivity (Wildman–Crippen MR) is 60.9 cm³/mol. The minimum atomic E-state index is -0.0423. The van der Waals surface area contributed by atoms with Crippen molar-refractivity contribution in [2.45, 2.75) is 51.2 Å². The summed E-state index contributed by atoms with van der Waals surface area (Å²) in [6.07, 6.45) is 6.43. The lowest BCUT2D eigenvalue weighted by molar-refractivity contribution is 0.133. The maximum Gasteiger partial charge on any atom is 0.0679 e. The van der Waals surface area contributed by atoms with Gasteiger partial charge < -0.3 is 5.11 Å². The number of likely N-dealkylation sites (tertiary alicyclic amines) is 1. The lowest BCUT2D eigenvalue weighted by Gasteiger charge is -2.33. The molecule has 0 aromatic rings. The molecular formula is C11H22ClNO. The second-order valence-corrected chi connectivity index (χ2v) is 4.85. The van der Waals surface area contributed by atoms with E-state index in [1.54, 1.807) is 0 Å². The molecule has 1 aliphatic carbocycles. The van der Waals surface area contributed by atoms with Crippen LogP contribution >= 0.6 is 12.4 Å². The van der Waals surface area contributed by atoms with Gasteiger partial charge in [0.25, 0.3) is 0 Å². The topological polar surface area (TPSA) is 23.5 Å². The Hall–Kier alpha value is 0.210. The van der Waals surface area contributed by atoms with Crippen molar-refractivity contribution < 1.29 is 5.11 Å². The third kappa shape index (κ3) is 2.85. The van der Waals surface area contributed by atoms with Gasteiger partial charge in [-0.3, -0.25) is 4.90 Å². The van der Waals surface area contributed by atoms with E-state index in [2.05, 4.69) is 11.8 Å². The zero-order valence-corrected chi connectivity index (χ0v) is 9.80. The van der Waals surface area contributed by atoms with Crippen molar-refractivity contribution >= 4 is 12.4 Å². The van der Waals surface area contributed by atoms with Gasteiger partial charge in [-0.2, -0.15) is 0 Å². The number of nitrogens with zero attached hydrogens (tertiary/aromatic N) is 1. The standard InChI is InChI=1S/C11H21NO.ClH/c1-9-2-4-10(5-3-9)12-7-6-11(13)8-12;/h9-11,13H,2-8H2,1H3;1H. The Labute approximate surface area is 93.1 Å². The molecule has 0 aromatic heterocycles. The fourth-order valence-corrected chi connectivity index (χ4v) is 2.71. The van der Waals surface area contributed by atoms with Crippen LogP contribution in [0.3, 0.4) is 0 Å². The van der Waals surface area contributed by atoms with Gasteiger partial charge >= 0.3 is 0 Å². The summed E-state index contributed by atoms with van der Waals surface area (Å²) in [5.74, 6) is 0.934. The first-order chi connectivity index (χ1) is 6.25. The summed E-state index contributed by atoms with van der Waals surface area (Å²) < 4.78 is 0. The molecule has 1 saturated heterocycles. The number of halogens is 1. The second kappa shape index (κ2) is 5.34. The van der Waals surface area contributed by atoms with E-state index in [0.717, 1.165) is 31.5 Å². The van der Waals surface area contributed by atoms with Crippen LogP contribution in [-0.4, -0.2) is 35.2 Å². The maximum absolute atomic E-state index is 9.44. The zero-order valence-electron chi connectivity index (χ0n) is 8.98. The molecule has 2 fully saturated rings. The van der Waals surface area contributed by atoms with Crippen LogP contribution in [0.25, 0.3) is 0 Å². The molecule has 0 amide bonds. The van der Waals surface area contributed by atoms with Crippen LogP contribution in [0, 0.1) is 5.92 Å². The SMILES string of the molecule is CC1CCC(N2CCC(O)C2)CC1.Cl. The van der Waals surface area contributed by atoms with Gasteiger partial charge in [0.1, 0.15) is 0 Å². The first-order valence-electron chi connectivity index (χ1n) is 5.68. The molecule has 1 unspecified atom stereocenters. The van der Waals surface area contributed by atoms with Crippen molar-refractivity contribution in [1.82, 2.24) is 4.90 Å². The monoisotopic (exact) mass is 219 g/mol. The lowest BCUT2D eigenvalue weighted by Crippen LogP contribution is -2.36. The van der Waals surface area contributed by atoms with Crippen molar-refractivity contribution in [3.8, 4) is 0 Å². The molecule has 1 heterocycles. The lowest BCUT2D eigenvalue weighted by atomic mass is 9.87. The normalized spacial score (nSPS) is 39.4. The summed E-state index contributed by atoms with van der Waals surface area (Å²) in [5, 5.41) is 9.44. The first kappa shape index (κ1) is 12.3. The van der Waals surface area contributed by atoms with Crippen LogP contribution in [0.2, 0.25) is 0 Å². The Balaban J connectivity index is 0.000000980. The highest BCUT2D eigenvalue weighted by Crippen LogP contribution is 2.28. The highest BCUT2D eigenvalue weighted by atomic mass is 35.5. The van der Waals surface area contributed by atoms with E-state index in [1.165, 1.54) is 25.7 Å². The summed E-state index contributed by atoms with van der Waals surface area (Å²) in [5.41, 5.74) is 0. The van der Waals surface area contributed by atoms with E-state index in [-0.39, 0.29) is 18.5 Å². The van der Waals surface area contributed by atoms with Crippen molar-refractivity contribution in [2.75, 3.05) is 13.1 Å². The van der Waals surface area contributed by atoms with E-state index in [0.29, 0.717) is 0 Å². The number of aliphatic hydroxyl groups excluding tert-OH is 1. The Kier molecular flexibility index (Phi) is 4.68. The van der Waals surface area contributed by atoms with E-state index in [9.17, 15) is 5.11 Å². The van der Waals surface area contributed by atoms with Gasteiger partial charge in [0.15, 0.2) is 0 Å². The van der Waals surface area contributed by atoms with Crippen LogP contribution in [-0.2, 0) is 0 Å². The minimum absolute atomic E-state index is 0.